The van der Waals surface area contributed by atoms with Crippen LogP contribution in [0, 0.1) is 46.8 Å². The summed E-state index contributed by atoms with van der Waals surface area (Å²) in [6.07, 6.45) is 11.4. The first-order valence-electron chi connectivity index (χ1n) is 8.92. The third kappa shape index (κ3) is 2.29. The standard InChI is InChI=1S/C18H28N2/c19-4-1-5-20-6-2-15(3-7-20)18-16-9-13-8-14(11-16)12-17(18)10-13/h13-18H,1-3,5-12H2. The van der Waals surface area contributed by atoms with E-state index < -0.39 is 0 Å². The van der Waals surface area contributed by atoms with Crippen LogP contribution in [0.4, 0.5) is 0 Å². The maximum atomic E-state index is 8.71. The highest BCUT2D eigenvalue weighted by Gasteiger charge is 2.50. The quantitative estimate of drug-likeness (QED) is 0.783. The number of likely N-dealkylation sites (tertiary alicyclic amines) is 1. The molecule has 0 amide bonds. The van der Waals surface area contributed by atoms with Crippen LogP contribution in [0.25, 0.3) is 0 Å². The summed E-state index contributed by atoms with van der Waals surface area (Å²) in [5.41, 5.74) is 0. The van der Waals surface area contributed by atoms with Gasteiger partial charge in [-0.1, -0.05) is 0 Å². The topological polar surface area (TPSA) is 27.0 Å². The van der Waals surface area contributed by atoms with E-state index in [0.717, 1.165) is 42.1 Å². The fourth-order valence-electron chi connectivity index (χ4n) is 6.51. The molecule has 1 heterocycles. The molecular weight excluding hydrogens is 244 g/mol. The van der Waals surface area contributed by atoms with Crippen molar-refractivity contribution >= 4 is 0 Å². The molecule has 2 heteroatoms. The summed E-state index contributed by atoms with van der Waals surface area (Å²) in [6.45, 7) is 3.52. The Balaban J connectivity index is 1.36. The lowest BCUT2D eigenvalue weighted by Crippen LogP contribution is -2.49. The lowest BCUT2D eigenvalue weighted by Gasteiger charge is -2.57. The van der Waals surface area contributed by atoms with E-state index in [4.69, 9.17) is 5.26 Å². The summed E-state index contributed by atoms with van der Waals surface area (Å²) in [5, 5.41) is 8.71. The Hall–Kier alpha value is -0.550. The molecule has 110 valence electrons. The van der Waals surface area contributed by atoms with Crippen molar-refractivity contribution < 1.29 is 0 Å². The van der Waals surface area contributed by atoms with Crippen LogP contribution >= 0.6 is 0 Å². The minimum atomic E-state index is 0.711. The van der Waals surface area contributed by atoms with Gasteiger partial charge in [-0.05, 0) is 93.5 Å². The van der Waals surface area contributed by atoms with Crippen LogP contribution < -0.4 is 0 Å². The molecule has 1 saturated heterocycles. The third-order valence-electron chi connectivity index (χ3n) is 7.02. The highest BCUT2D eigenvalue weighted by molar-refractivity contribution is 5.00. The lowest BCUT2D eigenvalue weighted by atomic mass is 9.49. The molecule has 4 bridgehead atoms. The average molecular weight is 272 g/mol. The van der Waals surface area contributed by atoms with Crippen LogP contribution in [0.5, 0.6) is 0 Å². The van der Waals surface area contributed by atoms with Gasteiger partial charge in [0, 0.05) is 13.0 Å². The maximum Gasteiger partial charge on any atom is 0.0635 e. The SMILES string of the molecule is N#CCCN1CCC(C2C3CC4CC(C3)CC2C4)CC1. The van der Waals surface area contributed by atoms with Gasteiger partial charge < -0.3 is 4.90 Å². The first kappa shape index (κ1) is 13.1. The van der Waals surface area contributed by atoms with E-state index in [1.165, 1.54) is 25.9 Å². The zero-order valence-corrected chi connectivity index (χ0v) is 12.6. The molecule has 2 nitrogen and oxygen atoms in total. The molecule has 5 aliphatic rings. The van der Waals surface area contributed by atoms with Crippen molar-refractivity contribution in [2.45, 2.75) is 51.4 Å². The normalized spacial score (nSPS) is 44.6. The van der Waals surface area contributed by atoms with E-state index in [1.807, 2.05) is 0 Å². The van der Waals surface area contributed by atoms with Crippen molar-refractivity contribution in [3.63, 3.8) is 0 Å². The molecule has 5 rings (SSSR count). The molecule has 0 unspecified atom stereocenters. The summed E-state index contributed by atoms with van der Waals surface area (Å²) in [6, 6.07) is 2.29. The minimum Gasteiger partial charge on any atom is -0.302 e. The van der Waals surface area contributed by atoms with Crippen molar-refractivity contribution in [3.05, 3.63) is 0 Å². The monoisotopic (exact) mass is 272 g/mol. The summed E-state index contributed by atoms with van der Waals surface area (Å²) in [7, 11) is 0. The number of hydrogen-bond acceptors (Lipinski definition) is 2. The highest BCUT2D eigenvalue weighted by Crippen LogP contribution is 2.59. The van der Waals surface area contributed by atoms with E-state index in [-0.39, 0.29) is 0 Å². The van der Waals surface area contributed by atoms with Gasteiger partial charge in [-0.3, -0.25) is 0 Å². The highest BCUT2D eigenvalue weighted by atomic mass is 15.1. The number of piperidine rings is 1. The Bertz CT molecular complexity index is 361. The summed E-state index contributed by atoms with van der Waals surface area (Å²) in [5.74, 6) is 6.53. The van der Waals surface area contributed by atoms with Gasteiger partial charge in [0.2, 0.25) is 0 Å². The van der Waals surface area contributed by atoms with Gasteiger partial charge in [0.05, 0.1) is 6.07 Å². The molecule has 0 radical (unpaired) electrons. The minimum absolute atomic E-state index is 0.711. The molecule has 0 atom stereocenters. The molecular formula is C18H28N2. The molecule has 0 N–H and O–H groups in total. The third-order valence-corrected chi connectivity index (χ3v) is 7.02. The Morgan fingerprint density at radius 3 is 2.00 bits per heavy atom. The second-order valence-corrected chi connectivity index (χ2v) is 8.10. The smallest absolute Gasteiger partial charge is 0.0635 e. The maximum absolute atomic E-state index is 8.71. The van der Waals surface area contributed by atoms with Crippen LogP contribution in [0.2, 0.25) is 0 Å². The van der Waals surface area contributed by atoms with Crippen molar-refractivity contribution in [2.75, 3.05) is 19.6 Å². The van der Waals surface area contributed by atoms with E-state index in [2.05, 4.69) is 11.0 Å². The average Bonchev–Trinajstić information content (AvgIpc) is 2.45. The number of rotatable bonds is 3. The first-order chi connectivity index (χ1) is 9.83. The lowest BCUT2D eigenvalue weighted by molar-refractivity contribution is -0.0720. The van der Waals surface area contributed by atoms with Crippen LogP contribution in [0.3, 0.4) is 0 Å². The van der Waals surface area contributed by atoms with Crippen molar-refractivity contribution in [2.24, 2.45) is 35.5 Å². The van der Waals surface area contributed by atoms with E-state index >= 15 is 0 Å². The van der Waals surface area contributed by atoms with Crippen molar-refractivity contribution in [3.8, 4) is 6.07 Å². The Kier molecular flexibility index (Phi) is 3.50. The molecule has 0 aromatic carbocycles. The zero-order chi connectivity index (χ0) is 13.5. The van der Waals surface area contributed by atoms with Crippen LogP contribution in [-0.4, -0.2) is 24.5 Å². The summed E-state index contributed by atoms with van der Waals surface area (Å²) < 4.78 is 0. The van der Waals surface area contributed by atoms with Gasteiger partial charge in [0.25, 0.3) is 0 Å². The van der Waals surface area contributed by atoms with E-state index in [9.17, 15) is 0 Å². The second-order valence-electron chi connectivity index (χ2n) is 8.10. The van der Waals surface area contributed by atoms with E-state index in [0.29, 0.717) is 6.42 Å². The second kappa shape index (κ2) is 5.34. The molecule has 5 fully saturated rings. The molecule has 1 aliphatic heterocycles. The fraction of sp³-hybridized carbons (Fsp3) is 0.944. The molecule has 20 heavy (non-hydrogen) atoms. The zero-order valence-electron chi connectivity index (χ0n) is 12.6. The predicted octanol–water partition coefficient (Wildman–Crippen LogP) is 3.68. The largest absolute Gasteiger partial charge is 0.302 e. The van der Waals surface area contributed by atoms with Gasteiger partial charge in [0.15, 0.2) is 0 Å². The van der Waals surface area contributed by atoms with Gasteiger partial charge in [-0.15, -0.1) is 0 Å². The van der Waals surface area contributed by atoms with Crippen LogP contribution in [0.1, 0.15) is 51.4 Å². The van der Waals surface area contributed by atoms with Gasteiger partial charge >= 0.3 is 0 Å². The Morgan fingerprint density at radius 2 is 1.45 bits per heavy atom. The molecule has 0 aromatic rings. The first-order valence-corrected chi connectivity index (χ1v) is 8.92. The number of hydrogen-bond donors (Lipinski definition) is 0. The van der Waals surface area contributed by atoms with Gasteiger partial charge in [0.1, 0.15) is 0 Å². The van der Waals surface area contributed by atoms with Gasteiger partial charge in [-0.2, -0.15) is 5.26 Å². The van der Waals surface area contributed by atoms with Crippen molar-refractivity contribution in [1.29, 1.82) is 5.26 Å². The van der Waals surface area contributed by atoms with Crippen LogP contribution in [-0.2, 0) is 0 Å². The number of nitriles is 1. The Labute approximate surface area is 123 Å². The number of nitrogens with zero attached hydrogens (tertiary/aromatic N) is 2. The Morgan fingerprint density at radius 1 is 0.850 bits per heavy atom. The summed E-state index contributed by atoms with van der Waals surface area (Å²) in [4.78, 5) is 2.52. The van der Waals surface area contributed by atoms with E-state index in [1.54, 1.807) is 32.1 Å². The molecule has 0 aromatic heterocycles. The molecule has 0 spiro atoms. The van der Waals surface area contributed by atoms with Crippen LogP contribution in [0.15, 0.2) is 0 Å². The van der Waals surface area contributed by atoms with Crippen molar-refractivity contribution in [1.82, 2.24) is 4.90 Å². The fourth-order valence-corrected chi connectivity index (χ4v) is 6.51. The molecule has 4 saturated carbocycles. The van der Waals surface area contributed by atoms with Gasteiger partial charge in [-0.25, -0.2) is 0 Å². The summed E-state index contributed by atoms with van der Waals surface area (Å²) >= 11 is 0. The molecule has 4 aliphatic carbocycles. The predicted molar refractivity (Wildman–Crippen MR) is 79.9 cm³/mol.